The van der Waals surface area contributed by atoms with Crippen molar-refractivity contribution in [1.82, 2.24) is 20.1 Å². The standard InChI is InChI=1S/C20H29N5O/c1-4-18-19(5-2)23-24-20(22-18)21-12-16-7-6-8-17(11-16)14-25-9-10-26-15(3)13-25/h6-8,11,15H,4-5,9-10,12-14H2,1-3H3,(H,21,22,24). The Morgan fingerprint density at radius 1 is 1.15 bits per heavy atom. The molecule has 1 N–H and O–H groups in total. The molecule has 26 heavy (non-hydrogen) atoms. The quantitative estimate of drug-likeness (QED) is 0.824. The summed E-state index contributed by atoms with van der Waals surface area (Å²) in [6, 6.07) is 8.69. The second-order valence-corrected chi connectivity index (χ2v) is 6.83. The Morgan fingerprint density at radius 2 is 1.96 bits per heavy atom. The molecule has 1 aliphatic rings. The smallest absolute Gasteiger partial charge is 0.243 e. The third kappa shape index (κ3) is 4.99. The van der Waals surface area contributed by atoms with Crippen molar-refractivity contribution in [2.75, 3.05) is 25.0 Å². The summed E-state index contributed by atoms with van der Waals surface area (Å²) in [5.74, 6) is 0.603. The fourth-order valence-electron chi connectivity index (χ4n) is 3.32. The zero-order valence-electron chi connectivity index (χ0n) is 16.0. The van der Waals surface area contributed by atoms with Crippen LogP contribution in [0.25, 0.3) is 0 Å². The van der Waals surface area contributed by atoms with Gasteiger partial charge in [-0.2, -0.15) is 5.10 Å². The van der Waals surface area contributed by atoms with Crippen molar-refractivity contribution in [1.29, 1.82) is 0 Å². The molecule has 1 aromatic carbocycles. The van der Waals surface area contributed by atoms with Crippen molar-refractivity contribution in [2.45, 2.75) is 52.8 Å². The number of rotatable bonds is 7. The molecule has 2 heterocycles. The van der Waals surface area contributed by atoms with Gasteiger partial charge in [-0.15, -0.1) is 5.10 Å². The maximum Gasteiger partial charge on any atom is 0.243 e. The monoisotopic (exact) mass is 355 g/mol. The summed E-state index contributed by atoms with van der Waals surface area (Å²) in [5.41, 5.74) is 4.57. The van der Waals surface area contributed by atoms with Crippen LogP contribution < -0.4 is 5.32 Å². The lowest BCUT2D eigenvalue weighted by atomic mass is 10.1. The minimum atomic E-state index is 0.317. The number of ether oxygens (including phenoxy) is 1. The van der Waals surface area contributed by atoms with Gasteiger partial charge in [0.25, 0.3) is 0 Å². The number of benzene rings is 1. The van der Waals surface area contributed by atoms with Crippen molar-refractivity contribution in [2.24, 2.45) is 0 Å². The first-order valence-corrected chi connectivity index (χ1v) is 9.56. The predicted molar refractivity (Wildman–Crippen MR) is 103 cm³/mol. The average Bonchev–Trinajstić information content (AvgIpc) is 2.66. The van der Waals surface area contributed by atoms with Gasteiger partial charge in [0.2, 0.25) is 5.95 Å². The molecular weight excluding hydrogens is 326 g/mol. The van der Waals surface area contributed by atoms with E-state index in [4.69, 9.17) is 4.74 Å². The molecule has 2 aromatic rings. The van der Waals surface area contributed by atoms with Crippen LogP contribution in [-0.4, -0.2) is 45.9 Å². The summed E-state index contributed by atoms with van der Waals surface area (Å²) in [5, 5.41) is 11.8. The Balaban J connectivity index is 1.60. The van der Waals surface area contributed by atoms with Gasteiger partial charge in [0.1, 0.15) is 0 Å². The van der Waals surface area contributed by atoms with E-state index in [1.54, 1.807) is 0 Å². The highest BCUT2D eigenvalue weighted by molar-refractivity contribution is 5.30. The summed E-state index contributed by atoms with van der Waals surface area (Å²) in [6.45, 7) is 10.8. The highest BCUT2D eigenvalue weighted by atomic mass is 16.5. The maximum absolute atomic E-state index is 5.62. The molecule has 0 aliphatic carbocycles. The van der Waals surface area contributed by atoms with Gasteiger partial charge >= 0.3 is 0 Å². The molecule has 1 aromatic heterocycles. The SMILES string of the molecule is CCc1nnc(NCc2cccc(CN3CCOC(C)C3)c2)nc1CC. The minimum absolute atomic E-state index is 0.317. The molecule has 0 bridgehead atoms. The largest absolute Gasteiger partial charge is 0.376 e. The Kier molecular flexibility index (Phi) is 6.52. The van der Waals surface area contributed by atoms with Crippen LogP contribution in [0.1, 0.15) is 43.3 Å². The molecule has 3 rings (SSSR count). The number of morpholine rings is 1. The topological polar surface area (TPSA) is 63.2 Å². The van der Waals surface area contributed by atoms with Gasteiger partial charge in [-0.25, -0.2) is 4.98 Å². The molecule has 0 amide bonds. The van der Waals surface area contributed by atoms with Crippen molar-refractivity contribution >= 4 is 5.95 Å². The fraction of sp³-hybridized carbons (Fsp3) is 0.550. The second kappa shape index (κ2) is 9.05. The van der Waals surface area contributed by atoms with Crippen molar-refractivity contribution in [3.8, 4) is 0 Å². The van der Waals surface area contributed by atoms with Crippen LogP contribution in [-0.2, 0) is 30.7 Å². The van der Waals surface area contributed by atoms with Crippen molar-refractivity contribution in [3.05, 3.63) is 46.8 Å². The van der Waals surface area contributed by atoms with E-state index in [1.165, 1.54) is 11.1 Å². The molecule has 1 unspecified atom stereocenters. The normalized spacial score (nSPS) is 18.0. The van der Waals surface area contributed by atoms with Gasteiger partial charge in [0.05, 0.1) is 24.1 Å². The zero-order chi connectivity index (χ0) is 18.4. The third-order valence-electron chi connectivity index (χ3n) is 4.68. The summed E-state index contributed by atoms with van der Waals surface area (Å²) in [6.07, 6.45) is 2.06. The molecule has 1 fully saturated rings. The predicted octanol–water partition coefficient (Wildman–Crippen LogP) is 2.83. The third-order valence-corrected chi connectivity index (χ3v) is 4.68. The molecule has 1 aliphatic heterocycles. The Morgan fingerprint density at radius 3 is 2.73 bits per heavy atom. The first kappa shape index (κ1) is 18.7. The van der Waals surface area contributed by atoms with Gasteiger partial charge in [0, 0.05) is 26.2 Å². The molecule has 1 atom stereocenters. The Hall–Kier alpha value is -2.05. The van der Waals surface area contributed by atoms with Crippen LogP contribution in [0.3, 0.4) is 0 Å². The van der Waals surface area contributed by atoms with E-state index in [0.717, 1.165) is 50.5 Å². The van der Waals surface area contributed by atoms with Crippen LogP contribution in [0.2, 0.25) is 0 Å². The Labute approximate surface area is 156 Å². The van der Waals surface area contributed by atoms with E-state index in [1.807, 2.05) is 0 Å². The lowest BCUT2D eigenvalue weighted by Crippen LogP contribution is -2.40. The molecule has 1 saturated heterocycles. The number of aromatic nitrogens is 3. The number of hydrogen-bond donors (Lipinski definition) is 1. The molecular formula is C20H29N5O. The molecule has 6 nitrogen and oxygen atoms in total. The molecule has 0 spiro atoms. The fourth-order valence-corrected chi connectivity index (χ4v) is 3.32. The zero-order valence-corrected chi connectivity index (χ0v) is 16.0. The van der Waals surface area contributed by atoms with Gasteiger partial charge in [-0.1, -0.05) is 38.1 Å². The van der Waals surface area contributed by atoms with E-state index >= 15 is 0 Å². The van der Waals surface area contributed by atoms with E-state index in [0.29, 0.717) is 18.6 Å². The highest BCUT2D eigenvalue weighted by Gasteiger charge is 2.16. The van der Waals surface area contributed by atoms with E-state index in [-0.39, 0.29) is 0 Å². The maximum atomic E-state index is 5.62. The summed E-state index contributed by atoms with van der Waals surface area (Å²) in [7, 11) is 0. The average molecular weight is 355 g/mol. The lowest BCUT2D eigenvalue weighted by molar-refractivity contribution is -0.0212. The first-order chi connectivity index (χ1) is 12.7. The first-order valence-electron chi connectivity index (χ1n) is 9.56. The number of nitrogens with one attached hydrogen (secondary N) is 1. The summed E-state index contributed by atoms with van der Waals surface area (Å²) < 4.78 is 5.62. The van der Waals surface area contributed by atoms with Crippen molar-refractivity contribution < 1.29 is 4.74 Å². The van der Waals surface area contributed by atoms with Crippen LogP contribution in [0.15, 0.2) is 24.3 Å². The van der Waals surface area contributed by atoms with E-state index in [9.17, 15) is 0 Å². The van der Waals surface area contributed by atoms with Crippen molar-refractivity contribution in [3.63, 3.8) is 0 Å². The summed E-state index contributed by atoms with van der Waals surface area (Å²) in [4.78, 5) is 7.04. The number of nitrogens with zero attached hydrogens (tertiary/aromatic N) is 4. The van der Waals surface area contributed by atoms with Crippen LogP contribution >= 0.6 is 0 Å². The van der Waals surface area contributed by atoms with Gasteiger partial charge in [0.15, 0.2) is 0 Å². The molecule has 0 radical (unpaired) electrons. The molecule has 0 saturated carbocycles. The molecule has 6 heteroatoms. The van der Waals surface area contributed by atoms with Crippen LogP contribution in [0.4, 0.5) is 5.95 Å². The Bertz CT molecular complexity index is 721. The van der Waals surface area contributed by atoms with Gasteiger partial charge in [-0.3, -0.25) is 4.90 Å². The van der Waals surface area contributed by atoms with Gasteiger partial charge in [-0.05, 0) is 30.9 Å². The van der Waals surface area contributed by atoms with Gasteiger partial charge < -0.3 is 10.1 Å². The highest BCUT2D eigenvalue weighted by Crippen LogP contribution is 2.13. The summed E-state index contributed by atoms with van der Waals surface area (Å²) >= 11 is 0. The second-order valence-electron chi connectivity index (χ2n) is 6.83. The number of hydrogen-bond acceptors (Lipinski definition) is 6. The van der Waals surface area contributed by atoms with Crippen LogP contribution in [0.5, 0.6) is 0 Å². The minimum Gasteiger partial charge on any atom is -0.376 e. The van der Waals surface area contributed by atoms with E-state index < -0.39 is 0 Å². The molecule has 140 valence electrons. The van der Waals surface area contributed by atoms with E-state index in [2.05, 4.69) is 70.4 Å². The van der Waals surface area contributed by atoms with Crippen LogP contribution in [0, 0.1) is 0 Å². The lowest BCUT2D eigenvalue weighted by Gasteiger charge is -2.31. The number of anilines is 1. The number of aryl methyl sites for hydroxylation is 2.